The lowest BCUT2D eigenvalue weighted by Gasteiger charge is -2.10. The highest BCUT2D eigenvalue weighted by Gasteiger charge is 2.25. The molecule has 0 atom stereocenters. The van der Waals surface area contributed by atoms with Gasteiger partial charge < -0.3 is 9.47 Å². The van der Waals surface area contributed by atoms with E-state index in [1.165, 1.54) is 31.5 Å². The summed E-state index contributed by atoms with van der Waals surface area (Å²) in [4.78, 5) is 23.1. The Balaban J connectivity index is 1.72. The second kappa shape index (κ2) is 9.94. The van der Waals surface area contributed by atoms with Gasteiger partial charge in [0.2, 0.25) is 0 Å². The largest absolute Gasteiger partial charge is 0.488 e. The number of methoxy groups -OCH3 is 1. The van der Waals surface area contributed by atoms with E-state index in [-0.39, 0.29) is 28.0 Å². The number of halogens is 3. The van der Waals surface area contributed by atoms with Crippen molar-refractivity contribution in [3.05, 3.63) is 76.0 Å². The molecule has 0 aliphatic carbocycles. The number of rotatable bonds is 6. The van der Waals surface area contributed by atoms with E-state index in [0.717, 1.165) is 36.0 Å². The Hall–Kier alpha value is -3.60. The molecular formula is C20H14F3N3O4S. The molecule has 1 aliphatic heterocycles. The van der Waals surface area contributed by atoms with Crippen molar-refractivity contribution < 1.29 is 32.2 Å². The maximum atomic E-state index is 13.8. The minimum atomic E-state index is -0.789. The van der Waals surface area contributed by atoms with Crippen molar-refractivity contribution in [3.63, 3.8) is 0 Å². The summed E-state index contributed by atoms with van der Waals surface area (Å²) in [5.74, 6) is -3.26. The first-order valence-corrected chi connectivity index (χ1v) is 9.43. The van der Waals surface area contributed by atoms with E-state index in [2.05, 4.69) is 20.3 Å². The highest BCUT2D eigenvalue weighted by atomic mass is 32.2. The predicted molar refractivity (Wildman–Crippen MR) is 108 cm³/mol. The first kappa shape index (κ1) is 22.1. The van der Waals surface area contributed by atoms with Crippen LogP contribution in [0.5, 0.6) is 5.75 Å². The molecule has 1 amide bonds. The van der Waals surface area contributed by atoms with E-state index in [9.17, 15) is 22.8 Å². The van der Waals surface area contributed by atoms with E-state index < -0.39 is 29.3 Å². The van der Waals surface area contributed by atoms with Crippen molar-refractivity contribution >= 4 is 35.0 Å². The molecule has 0 unspecified atom stereocenters. The number of carbonyl (C=O) groups excluding carboxylic acids is 2. The van der Waals surface area contributed by atoms with Crippen LogP contribution in [0.3, 0.4) is 0 Å². The van der Waals surface area contributed by atoms with Gasteiger partial charge in [-0.2, -0.15) is 5.10 Å². The van der Waals surface area contributed by atoms with Crippen LogP contribution >= 0.6 is 11.8 Å². The SMILES string of the molecule is COC(=O)/C=C1/S/C(=N\N=Cc2ccc(F)cc2OCc2ccc(F)cc2F)NC1=O. The fourth-order valence-corrected chi connectivity index (χ4v) is 3.06. The lowest BCUT2D eigenvalue weighted by atomic mass is 10.2. The van der Waals surface area contributed by atoms with Crippen LogP contribution in [0.1, 0.15) is 11.1 Å². The summed E-state index contributed by atoms with van der Waals surface area (Å²) in [6.07, 6.45) is 2.27. The molecule has 1 heterocycles. The van der Waals surface area contributed by atoms with E-state index in [1.807, 2.05) is 0 Å². The first-order chi connectivity index (χ1) is 14.9. The zero-order chi connectivity index (χ0) is 22.4. The van der Waals surface area contributed by atoms with Crippen molar-refractivity contribution in [2.75, 3.05) is 7.11 Å². The molecule has 0 radical (unpaired) electrons. The van der Waals surface area contributed by atoms with Crippen molar-refractivity contribution in [1.29, 1.82) is 0 Å². The fraction of sp³-hybridized carbons (Fsp3) is 0.100. The summed E-state index contributed by atoms with van der Waals surface area (Å²) in [5, 5.41) is 10.2. The van der Waals surface area contributed by atoms with E-state index in [1.54, 1.807) is 0 Å². The Kier molecular flexibility index (Phi) is 7.08. The maximum absolute atomic E-state index is 13.8. The molecule has 0 aromatic heterocycles. The van der Waals surface area contributed by atoms with Crippen LogP contribution in [0.2, 0.25) is 0 Å². The number of nitrogens with zero attached hydrogens (tertiary/aromatic N) is 2. The van der Waals surface area contributed by atoms with Gasteiger partial charge in [-0.25, -0.2) is 18.0 Å². The molecule has 11 heteroatoms. The van der Waals surface area contributed by atoms with Gasteiger partial charge in [0.05, 0.1) is 18.2 Å². The molecule has 2 aromatic carbocycles. The van der Waals surface area contributed by atoms with Crippen LogP contribution in [0.15, 0.2) is 57.6 Å². The highest BCUT2D eigenvalue weighted by Crippen LogP contribution is 2.24. The van der Waals surface area contributed by atoms with Crippen molar-refractivity contribution in [2.45, 2.75) is 6.61 Å². The first-order valence-electron chi connectivity index (χ1n) is 8.62. The van der Waals surface area contributed by atoms with E-state index in [4.69, 9.17) is 4.74 Å². The maximum Gasteiger partial charge on any atom is 0.331 e. The molecule has 31 heavy (non-hydrogen) atoms. The average Bonchev–Trinajstić information content (AvgIpc) is 3.07. The molecule has 160 valence electrons. The van der Waals surface area contributed by atoms with Crippen LogP contribution in [0.25, 0.3) is 0 Å². The topological polar surface area (TPSA) is 89.3 Å². The van der Waals surface area contributed by atoms with Gasteiger partial charge in [-0.3, -0.25) is 10.1 Å². The smallest absolute Gasteiger partial charge is 0.331 e. The number of amides is 1. The Morgan fingerprint density at radius 2 is 1.90 bits per heavy atom. The van der Waals surface area contributed by atoms with Gasteiger partial charge in [0.25, 0.3) is 5.91 Å². The summed E-state index contributed by atoms with van der Waals surface area (Å²) in [7, 11) is 1.18. The van der Waals surface area contributed by atoms with Gasteiger partial charge >= 0.3 is 5.97 Å². The Morgan fingerprint density at radius 1 is 1.16 bits per heavy atom. The summed E-state index contributed by atoms with van der Waals surface area (Å²) < 4.78 is 50.3. The minimum Gasteiger partial charge on any atom is -0.488 e. The Labute approximate surface area is 178 Å². The van der Waals surface area contributed by atoms with Crippen molar-refractivity contribution in [3.8, 4) is 5.75 Å². The molecule has 1 fully saturated rings. The number of amidine groups is 1. The van der Waals surface area contributed by atoms with Gasteiger partial charge in [-0.05, 0) is 36.0 Å². The van der Waals surface area contributed by atoms with E-state index in [0.29, 0.717) is 5.56 Å². The number of carbonyl (C=O) groups is 2. The molecule has 7 nitrogen and oxygen atoms in total. The van der Waals surface area contributed by atoms with Crippen LogP contribution in [0.4, 0.5) is 13.2 Å². The summed E-state index contributed by atoms with van der Waals surface area (Å²) in [5.41, 5.74) is 0.414. The minimum absolute atomic E-state index is 0.0575. The van der Waals surface area contributed by atoms with Gasteiger partial charge in [-0.15, -0.1) is 5.10 Å². The fourth-order valence-electron chi connectivity index (χ4n) is 2.32. The van der Waals surface area contributed by atoms with Gasteiger partial charge in [0.1, 0.15) is 29.8 Å². The molecule has 0 bridgehead atoms. The highest BCUT2D eigenvalue weighted by molar-refractivity contribution is 8.18. The van der Waals surface area contributed by atoms with Crippen LogP contribution in [-0.2, 0) is 20.9 Å². The number of hydrogen-bond acceptors (Lipinski definition) is 7. The van der Waals surface area contributed by atoms with E-state index >= 15 is 0 Å². The molecule has 1 aliphatic rings. The molecule has 1 N–H and O–H groups in total. The quantitative estimate of drug-likeness (QED) is 0.316. The number of hydrogen-bond donors (Lipinski definition) is 1. The van der Waals surface area contributed by atoms with Crippen LogP contribution in [-0.4, -0.2) is 30.4 Å². The average molecular weight is 449 g/mol. The molecule has 3 rings (SSSR count). The molecule has 0 spiro atoms. The predicted octanol–water partition coefficient (Wildman–Crippen LogP) is 3.29. The monoisotopic (exact) mass is 449 g/mol. The number of thioether (sulfide) groups is 1. The molecule has 2 aromatic rings. The second-order valence-electron chi connectivity index (χ2n) is 5.94. The third-order valence-corrected chi connectivity index (χ3v) is 4.72. The Bertz CT molecular complexity index is 1120. The number of ether oxygens (including phenoxy) is 2. The van der Waals surface area contributed by atoms with Crippen molar-refractivity contribution in [2.24, 2.45) is 10.2 Å². The molecule has 1 saturated heterocycles. The summed E-state index contributed by atoms with van der Waals surface area (Å²) >= 11 is 0.887. The lowest BCUT2D eigenvalue weighted by Crippen LogP contribution is -2.19. The summed E-state index contributed by atoms with van der Waals surface area (Å²) in [6.45, 7) is -0.265. The standard InChI is InChI=1S/C20H14F3N3O4S/c1-29-18(27)8-17-19(28)25-20(31-17)26-24-9-11-2-4-14(22)7-16(11)30-10-12-3-5-13(21)6-15(12)23/h2-9H,10H2,1H3,(H,25,26,28)/b17-8+,24-9?. The number of nitrogens with one attached hydrogen (secondary N) is 1. The molecule has 0 saturated carbocycles. The van der Waals surface area contributed by atoms with Crippen LogP contribution < -0.4 is 10.1 Å². The third kappa shape index (κ3) is 5.95. The van der Waals surface area contributed by atoms with Crippen LogP contribution in [0, 0.1) is 17.5 Å². The zero-order valence-electron chi connectivity index (χ0n) is 15.9. The van der Waals surface area contributed by atoms with Crippen molar-refractivity contribution in [1.82, 2.24) is 5.32 Å². The zero-order valence-corrected chi connectivity index (χ0v) is 16.7. The lowest BCUT2D eigenvalue weighted by molar-refractivity contribution is -0.135. The number of esters is 1. The van der Waals surface area contributed by atoms with Gasteiger partial charge in [0, 0.05) is 29.3 Å². The molecular weight excluding hydrogens is 435 g/mol. The van der Waals surface area contributed by atoms with Gasteiger partial charge in [-0.1, -0.05) is 0 Å². The van der Waals surface area contributed by atoms with Gasteiger partial charge in [0.15, 0.2) is 5.17 Å². The second-order valence-corrected chi connectivity index (χ2v) is 6.97. The Morgan fingerprint density at radius 3 is 2.65 bits per heavy atom. The number of benzene rings is 2. The normalized spacial score (nSPS) is 16.2. The third-order valence-electron chi connectivity index (χ3n) is 3.82. The summed E-state index contributed by atoms with van der Waals surface area (Å²) in [6, 6.07) is 6.66.